The van der Waals surface area contributed by atoms with Gasteiger partial charge in [0.15, 0.2) is 6.61 Å². The van der Waals surface area contributed by atoms with E-state index >= 15 is 0 Å². The molecule has 1 amide bonds. The van der Waals surface area contributed by atoms with E-state index in [1.54, 1.807) is 16.7 Å². The lowest BCUT2D eigenvalue weighted by molar-refractivity contribution is -0.118. The molecule has 0 unspecified atom stereocenters. The fourth-order valence-electron chi connectivity index (χ4n) is 2.80. The van der Waals surface area contributed by atoms with E-state index in [0.717, 1.165) is 16.5 Å². The Morgan fingerprint density at radius 2 is 1.96 bits per heavy atom. The molecule has 0 atom stereocenters. The quantitative estimate of drug-likeness (QED) is 0.738. The summed E-state index contributed by atoms with van der Waals surface area (Å²) in [5.74, 6) is 0.0416. The van der Waals surface area contributed by atoms with E-state index in [0.29, 0.717) is 23.0 Å². The highest BCUT2D eigenvalue weighted by Gasteiger charge is 2.11. The van der Waals surface area contributed by atoms with Crippen LogP contribution in [0, 0.1) is 6.92 Å². The molecule has 0 radical (unpaired) electrons. The summed E-state index contributed by atoms with van der Waals surface area (Å²) in [4.78, 5) is 24.5. The molecule has 0 aliphatic heterocycles. The molecular formula is C20H19ClN2O3. The molecule has 0 fully saturated rings. The third-order valence-corrected chi connectivity index (χ3v) is 4.37. The molecule has 5 nitrogen and oxygen atoms in total. The molecule has 0 saturated carbocycles. The lowest BCUT2D eigenvalue weighted by atomic mass is 10.2. The van der Waals surface area contributed by atoms with E-state index in [1.165, 1.54) is 6.07 Å². The minimum Gasteiger partial charge on any atom is -0.483 e. The second-order valence-electron chi connectivity index (χ2n) is 5.93. The number of rotatable bonds is 5. The van der Waals surface area contributed by atoms with Crippen LogP contribution in [0.15, 0.2) is 53.3 Å². The zero-order valence-corrected chi connectivity index (χ0v) is 15.3. The minimum absolute atomic E-state index is 0.164. The van der Waals surface area contributed by atoms with Crippen molar-refractivity contribution in [1.29, 1.82) is 0 Å². The van der Waals surface area contributed by atoms with Crippen molar-refractivity contribution in [3.8, 4) is 5.75 Å². The van der Waals surface area contributed by atoms with Gasteiger partial charge in [-0.15, -0.1) is 0 Å². The lowest BCUT2D eigenvalue weighted by Crippen LogP contribution is -2.23. The Bertz CT molecular complexity index is 1030. The van der Waals surface area contributed by atoms with Crippen LogP contribution in [0.25, 0.3) is 10.9 Å². The number of hydrogen-bond donors (Lipinski definition) is 1. The van der Waals surface area contributed by atoms with Gasteiger partial charge in [0.25, 0.3) is 11.5 Å². The van der Waals surface area contributed by atoms with E-state index in [-0.39, 0.29) is 18.1 Å². The number of anilines is 1. The van der Waals surface area contributed by atoms with Gasteiger partial charge in [-0.25, -0.2) is 0 Å². The van der Waals surface area contributed by atoms with Crippen LogP contribution in [-0.4, -0.2) is 17.1 Å². The number of benzene rings is 2. The van der Waals surface area contributed by atoms with Gasteiger partial charge >= 0.3 is 0 Å². The van der Waals surface area contributed by atoms with E-state index in [1.807, 2.05) is 44.2 Å². The molecule has 0 bridgehead atoms. The maximum Gasteiger partial charge on any atom is 0.262 e. The number of aromatic nitrogens is 1. The highest BCUT2D eigenvalue weighted by molar-refractivity contribution is 6.33. The van der Waals surface area contributed by atoms with Crippen molar-refractivity contribution >= 4 is 34.1 Å². The second-order valence-corrected chi connectivity index (χ2v) is 6.34. The average Bonchev–Trinajstić information content (AvgIpc) is 2.62. The fraction of sp³-hybridized carbons (Fsp3) is 0.200. The van der Waals surface area contributed by atoms with Crippen molar-refractivity contribution in [1.82, 2.24) is 4.57 Å². The van der Waals surface area contributed by atoms with Crippen LogP contribution in [-0.2, 0) is 11.3 Å². The molecule has 1 N–H and O–H groups in total. The number of fused-ring (bicyclic) bond motifs is 1. The van der Waals surface area contributed by atoms with Crippen LogP contribution in [0.1, 0.15) is 12.5 Å². The number of hydrogen-bond acceptors (Lipinski definition) is 3. The number of halogens is 1. The summed E-state index contributed by atoms with van der Waals surface area (Å²) in [6.45, 7) is 4.17. The van der Waals surface area contributed by atoms with Gasteiger partial charge in [-0.3, -0.25) is 9.59 Å². The SMILES string of the molecule is CCn1c(=O)cc(OCC(=O)Nc2ccc(C)cc2Cl)c2ccccc21. The Morgan fingerprint density at radius 1 is 1.19 bits per heavy atom. The van der Waals surface area contributed by atoms with Crippen LogP contribution < -0.4 is 15.6 Å². The van der Waals surface area contributed by atoms with Gasteiger partial charge in [-0.2, -0.15) is 0 Å². The molecule has 3 rings (SSSR count). The standard InChI is InChI=1S/C20H19ClN2O3/c1-3-23-17-7-5-4-6-14(17)18(11-20(23)25)26-12-19(24)22-16-9-8-13(2)10-15(16)21/h4-11H,3,12H2,1-2H3,(H,22,24). The Labute approximate surface area is 156 Å². The van der Waals surface area contributed by atoms with Gasteiger partial charge < -0.3 is 14.6 Å². The number of para-hydroxylation sites is 1. The summed E-state index contributed by atoms with van der Waals surface area (Å²) < 4.78 is 7.29. The zero-order valence-electron chi connectivity index (χ0n) is 14.6. The molecule has 6 heteroatoms. The number of nitrogens with one attached hydrogen (secondary N) is 1. The van der Waals surface area contributed by atoms with Crippen molar-refractivity contribution in [3.63, 3.8) is 0 Å². The van der Waals surface area contributed by atoms with Crippen LogP contribution in [0.2, 0.25) is 5.02 Å². The highest BCUT2D eigenvalue weighted by Crippen LogP contribution is 2.24. The topological polar surface area (TPSA) is 60.3 Å². The number of nitrogens with zero attached hydrogens (tertiary/aromatic N) is 1. The highest BCUT2D eigenvalue weighted by atomic mass is 35.5. The summed E-state index contributed by atoms with van der Waals surface area (Å²) in [6, 6.07) is 14.3. The Hall–Kier alpha value is -2.79. The molecule has 3 aromatic rings. The van der Waals surface area contributed by atoms with Crippen molar-refractivity contribution < 1.29 is 9.53 Å². The van der Waals surface area contributed by atoms with Gasteiger partial charge in [0.05, 0.1) is 16.2 Å². The van der Waals surface area contributed by atoms with Crippen LogP contribution in [0.4, 0.5) is 5.69 Å². The summed E-state index contributed by atoms with van der Waals surface area (Å²) in [5.41, 5.74) is 2.15. The first-order chi connectivity index (χ1) is 12.5. The van der Waals surface area contributed by atoms with E-state index in [4.69, 9.17) is 16.3 Å². The molecule has 26 heavy (non-hydrogen) atoms. The number of carbonyl (C=O) groups is 1. The van der Waals surface area contributed by atoms with Gasteiger partial charge in [0.2, 0.25) is 0 Å². The third-order valence-electron chi connectivity index (χ3n) is 4.05. The summed E-state index contributed by atoms with van der Waals surface area (Å²) in [5, 5.41) is 3.97. The second kappa shape index (κ2) is 7.62. The number of ether oxygens (including phenoxy) is 1. The molecular weight excluding hydrogens is 352 g/mol. The maximum absolute atomic E-state index is 12.3. The zero-order chi connectivity index (χ0) is 18.7. The first-order valence-corrected chi connectivity index (χ1v) is 8.68. The van der Waals surface area contributed by atoms with Gasteiger partial charge in [-0.05, 0) is 43.7 Å². The summed E-state index contributed by atoms with van der Waals surface area (Å²) >= 11 is 6.12. The lowest BCUT2D eigenvalue weighted by Gasteiger charge is -2.13. The minimum atomic E-state index is -0.348. The average molecular weight is 371 g/mol. The predicted octanol–water partition coefficient (Wildman–Crippen LogP) is 4.00. The first kappa shape index (κ1) is 18.0. The third kappa shape index (κ3) is 3.73. The van der Waals surface area contributed by atoms with Crippen LogP contribution >= 0.6 is 11.6 Å². The van der Waals surface area contributed by atoms with Crippen molar-refractivity contribution in [2.75, 3.05) is 11.9 Å². The molecule has 1 heterocycles. The van der Waals surface area contributed by atoms with Gasteiger partial charge in [0.1, 0.15) is 5.75 Å². The molecule has 1 aromatic heterocycles. The van der Waals surface area contributed by atoms with E-state index in [9.17, 15) is 9.59 Å². The van der Waals surface area contributed by atoms with E-state index < -0.39 is 0 Å². The van der Waals surface area contributed by atoms with Crippen LogP contribution in [0.3, 0.4) is 0 Å². The smallest absolute Gasteiger partial charge is 0.262 e. The van der Waals surface area contributed by atoms with Crippen molar-refractivity contribution in [2.45, 2.75) is 20.4 Å². The van der Waals surface area contributed by atoms with E-state index in [2.05, 4.69) is 5.32 Å². The molecule has 0 aliphatic carbocycles. The number of aryl methyl sites for hydroxylation is 2. The van der Waals surface area contributed by atoms with Crippen molar-refractivity contribution in [3.05, 3.63) is 69.5 Å². The molecule has 0 aliphatic rings. The number of pyridine rings is 1. The first-order valence-electron chi connectivity index (χ1n) is 8.31. The largest absolute Gasteiger partial charge is 0.483 e. The Balaban J connectivity index is 1.79. The monoisotopic (exact) mass is 370 g/mol. The van der Waals surface area contributed by atoms with Crippen molar-refractivity contribution in [2.24, 2.45) is 0 Å². The molecule has 0 spiro atoms. The molecule has 2 aromatic carbocycles. The normalized spacial score (nSPS) is 10.7. The molecule has 0 saturated heterocycles. The maximum atomic E-state index is 12.3. The van der Waals surface area contributed by atoms with Gasteiger partial charge in [-0.1, -0.05) is 29.8 Å². The van der Waals surface area contributed by atoms with Gasteiger partial charge in [0, 0.05) is 18.0 Å². The Morgan fingerprint density at radius 3 is 2.69 bits per heavy atom. The van der Waals surface area contributed by atoms with Crippen LogP contribution in [0.5, 0.6) is 5.75 Å². The Kier molecular flexibility index (Phi) is 5.28. The number of amides is 1. The predicted molar refractivity (Wildman–Crippen MR) is 104 cm³/mol. The summed E-state index contributed by atoms with van der Waals surface area (Å²) in [7, 11) is 0. The summed E-state index contributed by atoms with van der Waals surface area (Å²) in [6.07, 6.45) is 0. The number of carbonyl (C=O) groups excluding carboxylic acids is 1. The molecule has 134 valence electrons. The fourth-order valence-corrected chi connectivity index (χ4v) is 3.08.